The number of benzene rings is 1. The Hall–Kier alpha value is -1.59. The molecule has 0 bridgehead atoms. The van der Waals surface area contributed by atoms with Gasteiger partial charge in [-0.05, 0) is 18.9 Å². The fourth-order valence-corrected chi connectivity index (χ4v) is 3.73. The Bertz CT molecular complexity index is 933. The van der Waals surface area contributed by atoms with Crippen LogP contribution in [0.5, 0.6) is 11.5 Å². The average Bonchev–Trinajstić information content (AvgIpc) is 3.13. The highest BCUT2D eigenvalue weighted by Crippen LogP contribution is 2.54. The molecule has 1 aromatic carbocycles. The zero-order valence-corrected chi connectivity index (χ0v) is 16.5. The lowest BCUT2D eigenvalue weighted by Crippen LogP contribution is -2.47. The Kier molecular flexibility index (Phi) is 5.30. The maximum atomic E-state index is 11.3. The fourth-order valence-electron chi connectivity index (χ4n) is 2.87. The van der Waals surface area contributed by atoms with Gasteiger partial charge in [-0.1, -0.05) is 11.6 Å². The summed E-state index contributed by atoms with van der Waals surface area (Å²) < 4.78 is 42.7. The second kappa shape index (κ2) is 7.10. The molecule has 148 valence electrons. The molecule has 0 amide bonds. The molecule has 1 aliphatic rings. The van der Waals surface area contributed by atoms with Gasteiger partial charge in [0.1, 0.15) is 24.0 Å². The number of halogens is 2. The first-order valence-electron chi connectivity index (χ1n) is 7.82. The van der Waals surface area contributed by atoms with Crippen LogP contribution >= 0.6 is 23.2 Å². The molecule has 0 aliphatic heterocycles. The number of ether oxygens (including phenoxy) is 1. The quantitative estimate of drug-likeness (QED) is 0.473. The predicted molar refractivity (Wildman–Crippen MR) is 96.7 cm³/mol. The Morgan fingerprint density at radius 2 is 2.11 bits per heavy atom. The molecule has 1 saturated carbocycles. The van der Waals surface area contributed by atoms with Crippen molar-refractivity contribution in [2.45, 2.75) is 36.3 Å². The maximum absolute atomic E-state index is 11.3. The van der Waals surface area contributed by atoms with E-state index >= 15 is 0 Å². The van der Waals surface area contributed by atoms with E-state index in [2.05, 4.69) is 14.3 Å². The van der Waals surface area contributed by atoms with Crippen LogP contribution in [-0.2, 0) is 23.4 Å². The summed E-state index contributed by atoms with van der Waals surface area (Å²) in [6.07, 6.45) is 3.72. The van der Waals surface area contributed by atoms with Crippen LogP contribution in [0.3, 0.4) is 0 Å². The zero-order valence-electron chi connectivity index (χ0n) is 14.2. The zero-order chi connectivity index (χ0) is 19.9. The summed E-state index contributed by atoms with van der Waals surface area (Å²) in [5, 5.41) is 15.4. The van der Waals surface area contributed by atoms with Gasteiger partial charge in [0, 0.05) is 18.1 Å². The molecule has 0 saturated heterocycles. The first-order chi connectivity index (χ1) is 12.6. The highest BCUT2D eigenvalue weighted by atomic mass is 35.5. The molecule has 1 atom stereocenters. The fraction of sp³-hybridized carbons (Fsp3) is 0.467. The maximum Gasteiger partial charge on any atom is 0.446 e. The van der Waals surface area contributed by atoms with Crippen LogP contribution in [0.15, 0.2) is 24.8 Å². The number of aliphatic hydroxyl groups is 1. The van der Waals surface area contributed by atoms with Gasteiger partial charge in [-0.15, -0.1) is 11.6 Å². The number of nitrogens with zero attached hydrogens (tertiary/aromatic N) is 3. The normalized spacial score (nSPS) is 18.0. The molecule has 1 unspecified atom stereocenters. The van der Waals surface area contributed by atoms with Crippen LogP contribution in [0.2, 0.25) is 5.02 Å². The third-order valence-electron chi connectivity index (χ3n) is 4.44. The van der Waals surface area contributed by atoms with Crippen LogP contribution in [0.1, 0.15) is 18.4 Å². The minimum absolute atomic E-state index is 0.00414. The molecule has 0 spiro atoms. The molecule has 12 heteroatoms. The van der Waals surface area contributed by atoms with E-state index < -0.39 is 20.9 Å². The molecule has 1 aromatic heterocycles. The van der Waals surface area contributed by atoms with Crippen LogP contribution in [0.4, 0.5) is 0 Å². The average molecular weight is 438 g/mol. The van der Waals surface area contributed by atoms with Crippen molar-refractivity contribution in [2.24, 2.45) is 0 Å². The van der Waals surface area contributed by atoms with Crippen LogP contribution in [0.25, 0.3) is 0 Å². The molecule has 9 nitrogen and oxygen atoms in total. The molecule has 0 radical (unpaired) electrons. The van der Waals surface area contributed by atoms with Gasteiger partial charge in [-0.3, -0.25) is 4.55 Å². The van der Waals surface area contributed by atoms with Crippen molar-refractivity contribution in [2.75, 3.05) is 7.11 Å². The van der Waals surface area contributed by atoms with Crippen molar-refractivity contribution in [3.8, 4) is 11.5 Å². The lowest BCUT2D eigenvalue weighted by Gasteiger charge is -2.33. The van der Waals surface area contributed by atoms with Gasteiger partial charge in [0.2, 0.25) is 0 Å². The van der Waals surface area contributed by atoms with E-state index in [9.17, 15) is 13.5 Å². The van der Waals surface area contributed by atoms with Crippen molar-refractivity contribution < 1.29 is 27.0 Å². The Morgan fingerprint density at radius 1 is 1.41 bits per heavy atom. The standard InChI is InChI=1S/C15H17Cl2N3O6S/c1-25-10-4-12(16)11(13(5-10)26-27(22,23)24)6-15(21,14(17)2-3-14)7-20-9-18-8-19-20/h4-5,8-9,21H,2-3,6-7H2,1H3,(H,22,23,24). The minimum atomic E-state index is -4.82. The minimum Gasteiger partial charge on any atom is -0.497 e. The second-order valence-electron chi connectivity index (χ2n) is 6.36. The van der Waals surface area contributed by atoms with E-state index in [0.717, 1.165) is 0 Å². The number of methoxy groups -OCH3 is 1. The summed E-state index contributed by atoms with van der Waals surface area (Å²) in [7, 11) is -3.46. The summed E-state index contributed by atoms with van der Waals surface area (Å²) in [4.78, 5) is 2.91. The summed E-state index contributed by atoms with van der Waals surface area (Å²) in [6.45, 7) is 0.00414. The van der Waals surface area contributed by atoms with Crippen molar-refractivity contribution >= 4 is 33.6 Å². The highest BCUT2D eigenvalue weighted by Gasteiger charge is 2.58. The van der Waals surface area contributed by atoms with E-state index in [4.69, 9.17) is 32.5 Å². The number of hydrogen-bond donors (Lipinski definition) is 2. The highest BCUT2D eigenvalue weighted by molar-refractivity contribution is 7.81. The summed E-state index contributed by atoms with van der Waals surface area (Å²) in [5.74, 6) is -0.0472. The van der Waals surface area contributed by atoms with E-state index in [1.165, 1.54) is 36.6 Å². The Balaban J connectivity index is 2.03. The van der Waals surface area contributed by atoms with Gasteiger partial charge in [-0.2, -0.15) is 13.5 Å². The summed E-state index contributed by atoms with van der Waals surface area (Å²) >= 11 is 12.8. The molecule has 2 N–H and O–H groups in total. The van der Waals surface area contributed by atoms with E-state index in [-0.39, 0.29) is 35.1 Å². The Labute approximate surface area is 165 Å². The number of alkyl halides is 1. The number of aromatic nitrogens is 3. The number of rotatable bonds is 8. The first kappa shape index (κ1) is 20.2. The third kappa shape index (κ3) is 4.46. The van der Waals surface area contributed by atoms with Gasteiger partial charge in [0.05, 0.1) is 23.6 Å². The molecule has 3 rings (SSSR count). The van der Waals surface area contributed by atoms with Crippen LogP contribution in [0, 0.1) is 0 Å². The SMILES string of the molecule is COc1cc(Cl)c(CC(O)(Cn2cncn2)C2(Cl)CC2)c(OS(=O)(=O)O)c1. The summed E-state index contributed by atoms with van der Waals surface area (Å²) in [6, 6.07) is 2.69. The number of hydrogen-bond acceptors (Lipinski definition) is 7. The Morgan fingerprint density at radius 3 is 2.63 bits per heavy atom. The van der Waals surface area contributed by atoms with Gasteiger partial charge in [0.15, 0.2) is 5.75 Å². The molecule has 2 aromatic rings. The van der Waals surface area contributed by atoms with E-state index in [0.29, 0.717) is 12.8 Å². The third-order valence-corrected chi connectivity index (χ3v) is 5.90. The van der Waals surface area contributed by atoms with Crippen LogP contribution < -0.4 is 8.92 Å². The van der Waals surface area contributed by atoms with Crippen LogP contribution in [-0.4, -0.2) is 50.4 Å². The molecular weight excluding hydrogens is 421 g/mol. The lowest BCUT2D eigenvalue weighted by atomic mass is 9.88. The lowest BCUT2D eigenvalue weighted by molar-refractivity contribution is 0.00731. The summed E-state index contributed by atoms with van der Waals surface area (Å²) in [5.41, 5.74) is -1.37. The van der Waals surface area contributed by atoms with Crippen molar-refractivity contribution in [1.82, 2.24) is 14.8 Å². The van der Waals surface area contributed by atoms with E-state index in [1.54, 1.807) is 0 Å². The van der Waals surface area contributed by atoms with Gasteiger partial charge in [0.25, 0.3) is 0 Å². The molecule has 27 heavy (non-hydrogen) atoms. The van der Waals surface area contributed by atoms with Gasteiger partial charge < -0.3 is 14.0 Å². The molecule has 1 fully saturated rings. The van der Waals surface area contributed by atoms with Crippen molar-refractivity contribution in [1.29, 1.82) is 0 Å². The molecule has 1 heterocycles. The topological polar surface area (TPSA) is 124 Å². The largest absolute Gasteiger partial charge is 0.497 e. The predicted octanol–water partition coefficient (Wildman–Crippen LogP) is 1.87. The first-order valence-corrected chi connectivity index (χ1v) is 9.94. The van der Waals surface area contributed by atoms with Gasteiger partial charge >= 0.3 is 10.4 Å². The molecular formula is C15H17Cl2N3O6S. The second-order valence-corrected chi connectivity index (χ2v) is 8.52. The van der Waals surface area contributed by atoms with Gasteiger partial charge in [-0.25, -0.2) is 9.67 Å². The van der Waals surface area contributed by atoms with Crippen molar-refractivity contribution in [3.05, 3.63) is 35.4 Å². The smallest absolute Gasteiger partial charge is 0.446 e. The molecule has 1 aliphatic carbocycles. The van der Waals surface area contributed by atoms with E-state index in [1.807, 2.05) is 0 Å². The monoisotopic (exact) mass is 437 g/mol. The van der Waals surface area contributed by atoms with Crippen molar-refractivity contribution in [3.63, 3.8) is 0 Å².